The highest BCUT2D eigenvalue weighted by Crippen LogP contribution is 2.36. The molecule has 1 unspecified atom stereocenters. The van der Waals surface area contributed by atoms with Crippen molar-refractivity contribution in [3.63, 3.8) is 0 Å². The van der Waals surface area contributed by atoms with Crippen LogP contribution in [0.1, 0.15) is 23.2 Å². The van der Waals surface area contributed by atoms with Crippen molar-refractivity contribution < 1.29 is 18.0 Å². The van der Waals surface area contributed by atoms with Gasteiger partial charge in [-0.15, -0.1) is 12.4 Å². The highest BCUT2D eigenvalue weighted by atomic mass is 35.5. The predicted molar refractivity (Wildman–Crippen MR) is 88.2 cm³/mol. The third kappa shape index (κ3) is 6.24. The van der Waals surface area contributed by atoms with Crippen molar-refractivity contribution in [1.29, 1.82) is 0 Å². The van der Waals surface area contributed by atoms with Crippen LogP contribution in [0.4, 0.5) is 13.2 Å². The van der Waals surface area contributed by atoms with Crippen molar-refractivity contribution in [2.45, 2.75) is 23.2 Å². The van der Waals surface area contributed by atoms with Crippen LogP contribution in [-0.2, 0) is 0 Å². The summed E-state index contributed by atoms with van der Waals surface area (Å²) in [6.45, 7) is 2.27. The number of carbonyl (C=O) groups excluding carboxylic acids is 1. The molecule has 1 aromatic carbocycles. The molecule has 0 spiro atoms. The average molecular weight is 369 g/mol. The van der Waals surface area contributed by atoms with Gasteiger partial charge in [-0.05, 0) is 68.4 Å². The maximum Gasteiger partial charge on any atom is 0.446 e. The summed E-state index contributed by atoms with van der Waals surface area (Å²) in [4.78, 5) is 14.3. The van der Waals surface area contributed by atoms with Crippen LogP contribution >= 0.6 is 24.2 Å². The van der Waals surface area contributed by atoms with E-state index in [-0.39, 0.29) is 35.0 Å². The second-order valence-electron chi connectivity index (χ2n) is 5.39. The molecule has 3 nitrogen and oxygen atoms in total. The fourth-order valence-corrected chi connectivity index (χ4v) is 3.23. The van der Waals surface area contributed by atoms with E-state index in [2.05, 4.69) is 5.32 Å². The topological polar surface area (TPSA) is 32.3 Å². The number of piperidine rings is 1. The maximum atomic E-state index is 12.4. The van der Waals surface area contributed by atoms with Crippen molar-refractivity contribution in [1.82, 2.24) is 10.2 Å². The number of rotatable bonds is 4. The highest BCUT2D eigenvalue weighted by Gasteiger charge is 2.29. The smallest absolute Gasteiger partial charge is 0.338 e. The normalized spacial score (nSPS) is 18.4. The van der Waals surface area contributed by atoms with Gasteiger partial charge in [-0.2, -0.15) is 13.2 Å². The Labute approximate surface area is 144 Å². The van der Waals surface area contributed by atoms with E-state index >= 15 is 0 Å². The number of nitrogens with zero attached hydrogens (tertiary/aromatic N) is 1. The van der Waals surface area contributed by atoms with Gasteiger partial charge in [-0.1, -0.05) is 0 Å². The molecule has 1 amide bonds. The van der Waals surface area contributed by atoms with E-state index in [0.29, 0.717) is 24.6 Å². The first-order valence-corrected chi connectivity index (χ1v) is 8.00. The molecule has 1 aliphatic rings. The van der Waals surface area contributed by atoms with Crippen molar-refractivity contribution in [2.24, 2.45) is 5.92 Å². The van der Waals surface area contributed by atoms with Gasteiger partial charge in [0.05, 0.1) is 0 Å². The van der Waals surface area contributed by atoms with E-state index in [4.69, 9.17) is 0 Å². The average Bonchev–Trinajstić information content (AvgIpc) is 2.46. The fraction of sp³-hybridized carbons (Fsp3) is 0.533. The summed E-state index contributed by atoms with van der Waals surface area (Å²) in [6.07, 6.45) is 2.05. The molecule has 1 heterocycles. The molecule has 1 fully saturated rings. The lowest BCUT2D eigenvalue weighted by atomic mass is 9.97. The number of hydrogen-bond donors (Lipinski definition) is 1. The van der Waals surface area contributed by atoms with Crippen LogP contribution in [0.2, 0.25) is 0 Å². The molecule has 1 aromatic rings. The molecule has 2 rings (SSSR count). The number of thioether (sulfide) groups is 1. The van der Waals surface area contributed by atoms with E-state index in [0.717, 1.165) is 19.4 Å². The number of benzene rings is 1. The molecule has 0 radical (unpaired) electrons. The molecule has 0 aliphatic carbocycles. The van der Waals surface area contributed by atoms with Crippen LogP contribution < -0.4 is 5.32 Å². The van der Waals surface area contributed by atoms with Crippen LogP contribution in [0, 0.1) is 5.92 Å². The van der Waals surface area contributed by atoms with E-state index in [1.165, 1.54) is 24.3 Å². The summed E-state index contributed by atoms with van der Waals surface area (Å²) in [5.74, 6) is 0.326. The van der Waals surface area contributed by atoms with E-state index in [1.807, 2.05) is 7.05 Å². The Morgan fingerprint density at radius 3 is 2.57 bits per heavy atom. The SMILES string of the molecule is CNCC1CCCN(C(=O)c2ccc(SC(F)(F)F)cc2)C1.Cl. The third-order valence-corrected chi connectivity index (χ3v) is 4.37. The van der Waals surface area contributed by atoms with Crippen LogP contribution in [0.15, 0.2) is 29.2 Å². The zero-order valence-electron chi connectivity index (χ0n) is 12.7. The minimum Gasteiger partial charge on any atom is -0.338 e. The second kappa shape index (κ2) is 8.80. The van der Waals surface area contributed by atoms with E-state index in [9.17, 15) is 18.0 Å². The lowest BCUT2D eigenvalue weighted by Crippen LogP contribution is -2.42. The number of alkyl halides is 3. The standard InChI is InChI=1S/C15H19F3N2OS.ClH/c1-19-9-11-3-2-8-20(10-11)14(21)12-4-6-13(7-5-12)22-15(16,17)18;/h4-7,11,19H,2-3,8-10H2,1H3;1H. The first-order chi connectivity index (χ1) is 10.4. The maximum absolute atomic E-state index is 12.4. The van der Waals surface area contributed by atoms with Crippen LogP contribution in [0.3, 0.4) is 0 Å². The Morgan fingerprint density at radius 2 is 2.00 bits per heavy atom. The van der Waals surface area contributed by atoms with Gasteiger partial charge in [-0.25, -0.2) is 0 Å². The quantitative estimate of drug-likeness (QED) is 0.821. The number of carbonyl (C=O) groups is 1. The van der Waals surface area contributed by atoms with Crippen molar-refractivity contribution in [2.75, 3.05) is 26.7 Å². The Kier molecular flexibility index (Phi) is 7.70. The zero-order valence-corrected chi connectivity index (χ0v) is 14.4. The monoisotopic (exact) mass is 368 g/mol. The molecule has 0 bridgehead atoms. The third-order valence-electron chi connectivity index (χ3n) is 3.63. The van der Waals surface area contributed by atoms with Gasteiger partial charge in [0.1, 0.15) is 0 Å². The molecule has 1 aliphatic heterocycles. The van der Waals surface area contributed by atoms with Crippen molar-refractivity contribution in [3.8, 4) is 0 Å². The molecule has 0 saturated carbocycles. The Bertz CT molecular complexity index is 508. The number of likely N-dealkylation sites (tertiary alicyclic amines) is 1. The number of halogens is 4. The minimum absolute atomic E-state index is 0. The van der Waals surface area contributed by atoms with Crippen LogP contribution in [-0.4, -0.2) is 43.0 Å². The lowest BCUT2D eigenvalue weighted by molar-refractivity contribution is -0.0328. The van der Waals surface area contributed by atoms with Crippen molar-refractivity contribution >= 4 is 30.1 Å². The Hall–Kier alpha value is -0.920. The zero-order chi connectivity index (χ0) is 16.2. The molecule has 1 atom stereocenters. The van der Waals surface area contributed by atoms with Gasteiger partial charge in [0, 0.05) is 23.5 Å². The number of nitrogens with one attached hydrogen (secondary N) is 1. The van der Waals surface area contributed by atoms with Crippen LogP contribution in [0.25, 0.3) is 0 Å². The van der Waals surface area contributed by atoms with Gasteiger partial charge >= 0.3 is 5.51 Å². The first kappa shape index (κ1) is 20.1. The molecular weight excluding hydrogens is 349 g/mol. The minimum atomic E-state index is -4.31. The molecule has 8 heteroatoms. The van der Waals surface area contributed by atoms with E-state index < -0.39 is 5.51 Å². The predicted octanol–water partition coefficient (Wildman–Crippen LogP) is 3.79. The number of hydrogen-bond acceptors (Lipinski definition) is 3. The summed E-state index contributed by atoms with van der Waals surface area (Å²) in [5.41, 5.74) is -3.87. The highest BCUT2D eigenvalue weighted by molar-refractivity contribution is 8.00. The largest absolute Gasteiger partial charge is 0.446 e. The summed E-state index contributed by atoms with van der Waals surface area (Å²) >= 11 is -0.169. The lowest BCUT2D eigenvalue weighted by Gasteiger charge is -2.32. The summed E-state index contributed by atoms with van der Waals surface area (Å²) in [7, 11) is 1.89. The van der Waals surface area contributed by atoms with Gasteiger partial charge in [-0.3, -0.25) is 4.79 Å². The molecule has 1 N–H and O–H groups in total. The molecule has 1 saturated heterocycles. The molecular formula is C15H20ClF3N2OS. The summed E-state index contributed by atoms with van der Waals surface area (Å²) < 4.78 is 36.9. The van der Waals surface area contributed by atoms with E-state index in [1.54, 1.807) is 4.90 Å². The van der Waals surface area contributed by atoms with Gasteiger partial charge < -0.3 is 10.2 Å². The molecule has 130 valence electrons. The Balaban J connectivity index is 0.00000264. The summed E-state index contributed by atoms with van der Waals surface area (Å²) in [6, 6.07) is 5.64. The first-order valence-electron chi connectivity index (χ1n) is 7.19. The fourth-order valence-electron chi connectivity index (χ4n) is 2.69. The van der Waals surface area contributed by atoms with Gasteiger partial charge in [0.15, 0.2) is 0 Å². The number of amides is 1. The molecule has 0 aromatic heterocycles. The second-order valence-corrected chi connectivity index (χ2v) is 6.53. The van der Waals surface area contributed by atoms with Gasteiger partial charge in [0.25, 0.3) is 5.91 Å². The van der Waals surface area contributed by atoms with Crippen molar-refractivity contribution in [3.05, 3.63) is 29.8 Å². The molecule has 23 heavy (non-hydrogen) atoms. The van der Waals surface area contributed by atoms with Gasteiger partial charge in [0.2, 0.25) is 0 Å². The van der Waals surface area contributed by atoms with Crippen LogP contribution in [0.5, 0.6) is 0 Å². The Morgan fingerprint density at radius 1 is 1.35 bits per heavy atom. The summed E-state index contributed by atoms with van der Waals surface area (Å²) in [5, 5.41) is 3.12.